The standard InChI is InChI=1S/C23H12F3N3O2/c24-15-6-4-13(5-7-15)18-2-1-3-19-22(20(30)8-9-29(18)19)21-16(25)10-14(11-17(21)26)23-28-27-12-31-23/h1-12H. The molecule has 5 rings (SSSR count). The lowest BCUT2D eigenvalue weighted by molar-refractivity contribution is 0.561. The Morgan fingerprint density at radius 2 is 1.58 bits per heavy atom. The third kappa shape index (κ3) is 3.18. The maximum atomic E-state index is 15.0. The van der Waals surface area contributed by atoms with Gasteiger partial charge in [0.15, 0.2) is 5.43 Å². The van der Waals surface area contributed by atoms with Gasteiger partial charge >= 0.3 is 0 Å². The Hall–Kier alpha value is -4.20. The van der Waals surface area contributed by atoms with Crippen LogP contribution in [0.1, 0.15) is 0 Å². The summed E-state index contributed by atoms with van der Waals surface area (Å²) in [4.78, 5) is 12.7. The van der Waals surface area contributed by atoms with Gasteiger partial charge in [-0.15, -0.1) is 10.2 Å². The second-order valence-corrected chi connectivity index (χ2v) is 6.79. The summed E-state index contributed by atoms with van der Waals surface area (Å²) in [5, 5.41) is 7.15. The Bertz CT molecular complexity index is 1450. The SMILES string of the molecule is O=c1ccn2c(-c3ccc(F)cc3)cccc2c1-c1c(F)cc(-c2nnco2)cc1F. The van der Waals surface area contributed by atoms with Crippen LogP contribution in [0.15, 0.2) is 82.5 Å². The molecule has 0 N–H and O–H groups in total. The van der Waals surface area contributed by atoms with Crippen LogP contribution in [0.2, 0.25) is 0 Å². The Morgan fingerprint density at radius 3 is 2.26 bits per heavy atom. The molecule has 0 unspecified atom stereocenters. The van der Waals surface area contributed by atoms with Crippen LogP contribution >= 0.6 is 0 Å². The van der Waals surface area contributed by atoms with E-state index >= 15 is 8.78 Å². The van der Waals surface area contributed by atoms with Crippen LogP contribution in [-0.4, -0.2) is 14.6 Å². The predicted octanol–water partition coefficient (Wildman–Crippen LogP) is 5.10. The van der Waals surface area contributed by atoms with Crippen molar-refractivity contribution in [2.75, 3.05) is 0 Å². The number of rotatable bonds is 3. The van der Waals surface area contributed by atoms with E-state index in [1.54, 1.807) is 34.7 Å². The molecule has 0 aliphatic carbocycles. The molecule has 0 fully saturated rings. The first-order valence-electron chi connectivity index (χ1n) is 9.19. The number of nitrogens with zero attached hydrogens (tertiary/aromatic N) is 3. The number of fused-ring (bicyclic) bond motifs is 1. The van der Waals surface area contributed by atoms with Crippen molar-refractivity contribution in [3.63, 3.8) is 0 Å². The average molecular weight is 419 g/mol. The molecule has 0 amide bonds. The molecule has 0 saturated carbocycles. The monoisotopic (exact) mass is 419 g/mol. The van der Waals surface area contributed by atoms with E-state index in [1.807, 2.05) is 0 Å². The minimum atomic E-state index is -0.939. The minimum Gasteiger partial charge on any atom is -0.423 e. The molecule has 3 aromatic heterocycles. The summed E-state index contributed by atoms with van der Waals surface area (Å²) in [6, 6.07) is 14.1. The summed E-state index contributed by atoms with van der Waals surface area (Å²) >= 11 is 0. The third-order valence-corrected chi connectivity index (χ3v) is 4.94. The van der Waals surface area contributed by atoms with Gasteiger partial charge < -0.3 is 8.82 Å². The molecule has 3 heterocycles. The fraction of sp³-hybridized carbons (Fsp3) is 0. The summed E-state index contributed by atoms with van der Waals surface area (Å²) in [6.45, 7) is 0. The summed E-state index contributed by atoms with van der Waals surface area (Å²) in [5.74, 6) is -2.31. The first-order chi connectivity index (χ1) is 15.0. The number of benzene rings is 2. The molecule has 0 radical (unpaired) electrons. The van der Waals surface area contributed by atoms with E-state index in [9.17, 15) is 9.18 Å². The van der Waals surface area contributed by atoms with Gasteiger partial charge in [-0.2, -0.15) is 0 Å². The van der Waals surface area contributed by atoms with Crippen molar-refractivity contribution in [1.29, 1.82) is 0 Å². The lowest BCUT2D eigenvalue weighted by atomic mass is 10.00. The van der Waals surface area contributed by atoms with Gasteiger partial charge in [0.2, 0.25) is 12.3 Å². The van der Waals surface area contributed by atoms with E-state index in [1.165, 1.54) is 24.4 Å². The van der Waals surface area contributed by atoms with Crippen LogP contribution in [0, 0.1) is 17.5 Å². The molecule has 0 aliphatic heterocycles. The zero-order valence-corrected chi connectivity index (χ0v) is 15.7. The summed E-state index contributed by atoms with van der Waals surface area (Å²) in [6.07, 6.45) is 2.57. The third-order valence-electron chi connectivity index (χ3n) is 4.94. The highest BCUT2D eigenvalue weighted by Gasteiger charge is 2.21. The molecular weight excluding hydrogens is 407 g/mol. The van der Waals surface area contributed by atoms with E-state index < -0.39 is 22.6 Å². The van der Waals surface area contributed by atoms with Crippen molar-refractivity contribution in [2.45, 2.75) is 0 Å². The lowest BCUT2D eigenvalue weighted by Gasteiger charge is -2.14. The minimum absolute atomic E-state index is 0.0439. The van der Waals surface area contributed by atoms with Crippen molar-refractivity contribution < 1.29 is 17.6 Å². The molecule has 0 spiro atoms. The summed E-state index contributed by atoms with van der Waals surface area (Å²) in [5.41, 5.74) is 0.540. The number of aromatic nitrogens is 3. The van der Waals surface area contributed by atoms with Crippen molar-refractivity contribution in [2.24, 2.45) is 0 Å². The van der Waals surface area contributed by atoms with Crippen LogP contribution in [0.4, 0.5) is 13.2 Å². The maximum absolute atomic E-state index is 15.0. The summed E-state index contributed by atoms with van der Waals surface area (Å²) < 4.78 is 50.0. The molecule has 0 aliphatic rings. The Morgan fingerprint density at radius 1 is 0.839 bits per heavy atom. The molecule has 5 nitrogen and oxygen atoms in total. The van der Waals surface area contributed by atoms with Crippen LogP contribution < -0.4 is 5.43 Å². The van der Waals surface area contributed by atoms with Crippen molar-refractivity contribution in [3.8, 4) is 33.8 Å². The van der Waals surface area contributed by atoms with Crippen LogP contribution in [0.5, 0.6) is 0 Å². The van der Waals surface area contributed by atoms with E-state index in [0.717, 1.165) is 18.5 Å². The molecule has 2 aromatic carbocycles. The topological polar surface area (TPSA) is 60.4 Å². The van der Waals surface area contributed by atoms with Crippen molar-refractivity contribution in [3.05, 3.63) is 101 Å². The molecule has 152 valence electrons. The first-order valence-corrected chi connectivity index (χ1v) is 9.19. The lowest BCUT2D eigenvalue weighted by Crippen LogP contribution is -2.10. The fourth-order valence-electron chi connectivity index (χ4n) is 3.58. The van der Waals surface area contributed by atoms with Crippen molar-refractivity contribution >= 4 is 5.52 Å². The molecule has 0 saturated heterocycles. The predicted molar refractivity (Wildman–Crippen MR) is 108 cm³/mol. The maximum Gasteiger partial charge on any atom is 0.247 e. The van der Waals surface area contributed by atoms with E-state index in [2.05, 4.69) is 10.2 Å². The average Bonchev–Trinajstić information content (AvgIpc) is 3.30. The van der Waals surface area contributed by atoms with Gasteiger partial charge in [0.05, 0.1) is 22.3 Å². The molecule has 0 atom stereocenters. The molecule has 5 aromatic rings. The van der Waals surface area contributed by atoms with Gasteiger partial charge in [0, 0.05) is 17.8 Å². The van der Waals surface area contributed by atoms with Gasteiger partial charge in [0.25, 0.3) is 0 Å². The van der Waals surface area contributed by atoms with E-state index in [-0.39, 0.29) is 22.8 Å². The highest BCUT2D eigenvalue weighted by Crippen LogP contribution is 2.32. The Balaban J connectivity index is 1.76. The largest absolute Gasteiger partial charge is 0.423 e. The quantitative estimate of drug-likeness (QED) is 0.408. The van der Waals surface area contributed by atoms with Crippen LogP contribution in [0.3, 0.4) is 0 Å². The van der Waals surface area contributed by atoms with Gasteiger partial charge in [-0.1, -0.05) is 6.07 Å². The number of hydrogen-bond acceptors (Lipinski definition) is 4. The van der Waals surface area contributed by atoms with Gasteiger partial charge in [-0.05, 0) is 54.1 Å². The fourth-order valence-corrected chi connectivity index (χ4v) is 3.58. The van der Waals surface area contributed by atoms with Gasteiger partial charge in [-0.3, -0.25) is 4.79 Å². The van der Waals surface area contributed by atoms with Crippen LogP contribution in [-0.2, 0) is 0 Å². The highest BCUT2D eigenvalue weighted by atomic mass is 19.1. The molecular formula is C23H12F3N3O2. The van der Waals surface area contributed by atoms with Gasteiger partial charge in [-0.25, -0.2) is 13.2 Å². The molecule has 31 heavy (non-hydrogen) atoms. The van der Waals surface area contributed by atoms with Crippen LogP contribution in [0.25, 0.3) is 39.4 Å². The normalized spacial score (nSPS) is 11.2. The molecule has 8 heteroatoms. The zero-order chi connectivity index (χ0) is 21.5. The van der Waals surface area contributed by atoms with E-state index in [4.69, 9.17) is 4.42 Å². The Labute approximate surface area is 173 Å². The second kappa shape index (κ2) is 7.24. The number of halogens is 3. The van der Waals surface area contributed by atoms with E-state index in [0.29, 0.717) is 16.8 Å². The summed E-state index contributed by atoms with van der Waals surface area (Å²) in [7, 11) is 0. The number of hydrogen-bond donors (Lipinski definition) is 0. The second-order valence-electron chi connectivity index (χ2n) is 6.79. The zero-order valence-electron chi connectivity index (χ0n) is 15.7. The smallest absolute Gasteiger partial charge is 0.247 e. The Kier molecular flexibility index (Phi) is 4.39. The molecule has 0 bridgehead atoms. The number of pyridine rings is 2. The van der Waals surface area contributed by atoms with Gasteiger partial charge in [0.1, 0.15) is 17.5 Å². The highest BCUT2D eigenvalue weighted by molar-refractivity contribution is 5.83. The van der Waals surface area contributed by atoms with Crippen molar-refractivity contribution in [1.82, 2.24) is 14.6 Å². The first kappa shape index (κ1) is 18.8.